The second-order valence-corrected chi connectivity index (χ2v) is 5.59. The molecule has 1 aromatic carbocycles. The predicted octanol–water partition coefficient (Wildman–Crippen LogP) is 2.85. The highest BCUT2D eigenvalue weighted by molar-refractivity contribution is 6.06. The number of nitrogens with zero attached hydrogens (tertiary/aromatic N) is 4. The van der Waals surface area contributed by atoms with E-state index in [0.29, 0.717) is 22.9 Å². The number of amides is 1. The van der Waals surface area contributed by atoms with Crippen molar-refractivity contribution in [3.8, 4) is 11.7 Å². The molecule has 128 valence electrons. The quantitative estimate of drug-likeness (QED) is 0.791. The van der Waals surface area contributed by atoms with E-state index in [1.807, 2.05) is 31.4 Å². The predicted molar refractivity (Wildman–Crippen MR) is 94.3 cm³/mol. The zero-order valence-corrected chi connectivity index (χ0v) is 14.6. The number of methoxy groups -OCH3 is 1. The van der Waals surface area contributed by atoms with Crippen LogP contribution < -0.4 is 10.1 Å². The van der Waals surface area contributed by atoms with E-state index < -0.39 is 0 Å². The first-order valence-corrected chi connectivity index (χ1v) is 7.80. The van der Waals surface area contributed by atoms with E-state index in [-0.39, 0.29) is 5.91 Å². The van der Waals surface area contributed by atoms with E-state index in [1.165, 1.54) is 7.11 Å². The minimum absolute atomic E-state index is 0.278. The number of carbonyl (C=O) groups is 1. The Morgan fingerprint density at radius 3 is 2.40 bits per heavy atom. The van der Waals surface area contributed by atoms with Crippen LogP contribution in [0.4, 0.5) is 5.69 Å². The van der Waals surface area contributed by atoms with Crippen molar-refractivity contribution in [2.24, 2.45) is 0 Å². The Balaban J connectivity index is 1.82. The molecule has 3 rings (SSSR count). The molecule has 0 saturated carbocycles. The molecule has 7 heteroatoms. The largest absolute Gasteiger partial charge is 0.496 e. The van der Waals surface area contributed by atoms with E-state index in [0.717, 1.165) is 17.2 Å². The molecular weight excluding hydrogens is 318 g/mol. The lowest BCUT2D eigenvalue weighted by molar-refractivity contribution is 0.102. The minimum Gasteiger partial charge on any atom is -0.496 e. The molecule has 1 amide bonds. The van der Waals surface area contributed by atoms with Gasteiger partial charge in [0.25, 0.3) is 5.91 Å². The van der Waals surface area contributed by atoms with Crippen molar-refractivity contribution in [3.05, 3.63) is 59.4 Å². The summed E-state index contributed by atoms with van der Waals surface area (Å²) in [6, 6.07) is 7.03. The normalized spacial score (nSPS) is 10.6. The average Bonchev–Trinajstić information content (AvgIpc) is 2.88. The Kier molecular flexibility index (Phi) is 4.47. The number of anilines is 1. The summed E-state index contributed by atoms with van der Waals surface area (Å²) in [5.41, 5.74) is 2.88. The fourth-order valence-electron chi connectivity index (χ4n) is 2.60. The minimum atomic E-state index is -0.278. The van der Waals surface area contributed by atoms with Crippen molar-refractivity contribution in [1.29, 1.82) is 0 Å². The van der Waals surface area contributed by atoms with Gasteiger partial charge in [-0.3, -0.25) is 9.36 Å². The number of aromatic nitrogens is 4. The molecular formula is C18H19N5O2. The topological polar surface area (TPSA) is 81.9 Å². The molecule has 0 radical (unpaired) electrons. The van der Waals surface area contributed by atoms with Gasteiger partial charge < -0.3 is 10.1 Å². The third-order valence-electron chi connectivity index (χ3n) is 3.96. The molecule has 0 spiro atoms. The molecule has 0 aliphatic carbocycles. The molecule has 1 N–H and O–H groups in total. The Morgan fingerprint density at radius 2 is 1.80 bits per heavy atom. The van der Waals surface area contributed by atoms with Gasteiger partial charge in [-0.15, -0.1) is 0 Å². The van der Waals surface area contributed by atoms with Crippen molar-refractivity contribution in [2.75, 3.05) is 12.4 Å². The number of hydrogen-bond acceptors (Lipinski definition) is 5. The van der Waals surface area contributed by atoms with Crippen LogP contribution in [0.2, 0.25) is 0 Å². The number of nitrogens with one attached hydrogen (secondary N) is 1. The van der Waals surface area contributed by atoms with Gasteiger partial charge in [0.2, 0.25) is 5.95 Å². The van der Waals surface area contributed by atoms with E-state index in [9.17, 15) is 4.79 Å². The summed E-state index contributed by atoms with van der Waals surface area (Å²) in [7, 11) is 1.53. The van der Waals surface area contributed by atoms with E-state index >= 15 is 0 Å². The summed E-state index contributed by atoms with van der Waals surface area (Å²) in [5.74, 6) is 1.57. The van der Waals surface area contributed by atoms with Crippen molar-refractivity contribution >= 4 is 11.6 Å². The Hall–Kier alpha value is -3.22. The van der Waals surface area contributed by atoms with Gasteiger partial charge in [0.15, 0.2) is 0 Å². The highest BCUT2D eigenvalue weighted by Crippen LogP contribution is 2.19. The number of ether oxygens (including phenoxy) is 1. The zero-order valence-electron chi connectivity index (χ0n) is 14.6. The van der Waals surface area contributed by atoms with Gasteiger partial charge in [-0.1, -0.05) is 12.1 Å². The van der Waals surface area contributed by atoms with Gasteiger partial charge >= 0.3 is 0 Å². The van der Waals surface area contributed by atoms with Gasteiger partial charge in [0.05, 0.1) is 36.4 Å². The number of para-hydroxylation sites is 1. The van der Waals surface area contributed by atoms with Crippen LogP contribution in [0.15, 0.2) is 36.7 Å². The SMILES string of the molecule is COc1ccccc1C(=O)Nc1cnc(-n2c(C)nc(C)c2C)nc1. The number of benzene rings is 1. The summed E-state index contributed by atoms with van der Waals surface area (Å²) >= 11 is 0. The van der Waals surface area contributed by atoms with E-state index in [2.05, 4.69) is 20.3 Å². The van der Waals surface area contributed by atoms with Crippen molar-refractivity contribution in [3.63, 3.8) is 0 Å². The van der Waals surface area contributed by atoms with Crippen molar-refractivity contribution in [1.82, 2.24) is 19.5 Å². The van der Waals surface area contributed by atoms with Crippen LogP contribution in [0.5, 0.6) is 5.75 Å². The lowest BCUT2D eigenvalue weighted by Crippen LogP contribution is -2.14. The number of imidazole rings is 1. The van der Waals surface area contributed by atoms with Crippen molar-refractivity contribution < 1.29 is 9.53 Å². The first-order chi connectivity index (χ1) is 12.0. The van der Waals surface area contributed by atoms with Gasteiger partial charge in [-0.2, -0.15) is 0 Å². The first kappa shape index (κ1) is 16.6. The smallest absolute Gasteiger partial charge is 0.259 e. The van der Waals surface area contributed by atoms with Crippen LogP contribution in [0.1, 0.15) is 27.6 Å². The fourth-order valence-corrected chi connectivity index (χ4v) is 2.60. The van der Waals surface area contributed by atoms with Crippen LogP contribution in [-0.4, -0.2) is 32.5 Å². The Bertz CT molecular complexity index is 916. The molecule has 2 aromatic heterocycles. The van der Waals surface area contributed by atoms with Crippen LogP contribution in [0, 0.1) is 20.8 Å². The molecule has 0 saturated heterocycles. The highest BCUT2D eigenvalue weighted by Gasteiger charge is 2.14. The molecule has 0 fully saturated rings. The second-order valence-electron chi connectivity index (χ2n) is 5.59. The molecule has 0 atom stereocenters. The van der Waals surface area contributed by atoms with Gasteiger partial charge in [0, 0.05) is 5.69 Å². The first-order valence-electron chi connectivity index (χ1n) is 7.80. The average molecular weight is 337 g/mol. The monoisotopic (exact) mass is 337 g/mol. The molecule has 7 nitrogen and oxygen atoms in total. The summed E-state index contributed by atoms with van der Waals surface area (Å²) < 4.78 is 7.08. The maximum Gasteiger partial charge on any atom is 0.259 e. The third-order valence-corrected chi connectivity index (χ3v) is 3.96. The Morgan fingerprint density at radius 1 is 1.12 bits per heavy atom. The molecule has 25 heavy (non-hydrogen) atoms. The number of carbonyl (C=O) groups excluding carboxylic acids is 1. The lowest BCUT2D eigenvalue weighted by Gasteiger charge is -2.10. The molecule has 0 bridgehead atoms. The number of aryl methyl sites for hydroxylation is 2. The van der Waals surface area contributed by atoms with E-state index in [4.69, 9.17) is 4.74 Å². The van der Waals surface area contributed by atoms with E-state index in [1.54, 1.807) is 30.6 Å². The molecule has 3 aromatic rings. The number of hydrogen-bond donors (Lipinski definition) is 1. The molecule has 2 heterocycles. The molecule has 0 unspecified atom stereocenters. The summed E-state index contributed by atoms with van der Waals surface area (Å²) in [6.45, 7) is 5.82. The van der Waals surface area contributed by atoms with Gasteiger partial charge in [-0.25, -0.2) is 15.0 Å². The van der Waals surface area contributed by atoms with Crippen LogP contribution in [-0.2, 0) is 0 Å². The standard InChI is InChI=1S/C18H19N5O2/c1-11-12(2)23(13(3)21-11)18-19-9-14(10-20-18)22-17(24)15-7-5-6-8-16(15)25-4/h5-10H,1-4H3,(H,22,24). The third kappa shape index (κ3) is 3.21. The van der Waals surface area contributed by atoms with Crippen LogP contribution in [0.25, 0.3) is 5.95 Å². The van der Waals surface area contributed by atoms with Crippen LogP contribution in [0.3, 0.4) is 0 Å². The van der Waals surface area contributed by atoms with Gasteiger partial charge in [-0.05, 0) is 32.9 Å². The zero-order chi connectivity index (χ0) is 18.0. The summed E-state index contributed by atoms with van der Waals surface area (Å²) in [4.78, 5) is 25.5. The fraction of sp³-hybridized carbons (Fsp3) is 0.222. The lowest BCUT2D eigenvalue weighted by atomic mass is 10.2. The second kappa shape index (κ2) is 6.72. The van der Waals surface area contributed by atoms with Crippen LogP contribution >= 0.6 is 0 Å². The highest BCUT2D eigenvalue weighted by atomic mass is 16.5. The molecule has 0 aliphatic heterocycles. The van der Waals surface area contributed by atoms with Crippen molar-refractivity contribution in [2.45, 2.75) is 20.8 Å². The summed E-state index contributed by atoms with van der Waals surface area (Å²) in [5, 5.41) is 2.78. The Labute approximate surface area is 145 Å². The molecule has 0 aliphatic rings. The van der Waals surface area contributed by atoms with Gasteiger partial charge in [0.1, 0.15) is 11.6 Å². The summed E-state index contributed by atoms with van der Waals surface area (Å²) in [6.07, 6.45) is 3.15. The number of rotatable bonds is 4. The maximum atomic E-state index is 12.4. The maximum absolute atomic E-state index is 12.4.